The topological polar surface area (TPSA) is 90.9 Å². The highest BCUT2D eigenvalue weighted by Crippen LogP contribution is 2.29. The molecule has 29 heavy (non-hydrogen) atoms. The first-order chi connectivity index (χ1) is 14.0. The first-order valence-electron chi connectivity index (χ1n) is 9.37. The second-order valence-electron chi connectivity index (χ2n) is 6.72. The molecule has 0 bridgehead atoms. The van der Waals surface area contributed by atoms with E-state index in [9.17, 15) is 14.4 Å². The minimum atomic E-state index is -0.626. The van der Waals surface area contributed by atoms with Crippen molar-refractivity contribution in [2.24, 2.45) is 0 Å². The van der Waals surface area contributed by atoms with Crippen LogP contribution in [-0.2, 0) is 27.1 Å². The lowest BCUT2D eigenvalue weighted by molar-refractivity contribution is -0.118. The van der Waals surface area contributed by atoms with Gasteiger partial charge in [-0.3, -0.25) is 4.79 Å². The maximum absolute atomic E-state index is 12.4. The Kier molecular flexibility index (Phi) is 6.49. The van der Waals surface area contributed by atoms with Gasteiger partial charge in [-0.25, -0.2) is 9.59 Å². The molecule has 0 unspecified atom stereocenters. The number of methoxy groups -OCH3 is 2. The van der Waals surface area contributed by atoms with E-state index in [0.29, 0.717) is 0 Å². The molecule has 0 saturated heterocycles. The summed E-state index contributed by atoms with van der Waals surface area (Å²) in [6, 6.07) is 10.1. The second kappa shape index (κ2) is 9.23. The van der Waals surface area contributed by atoms with Gasteiger partial charge in [-0.05, 0) is 61.1 Å². The molecule has 0 saturated carbocycles. The summed E-state index contributed by atoms with van der Waals surface area (Å²) in [6.45, 7) is -0.188. The Labute approximate surface area is 169 Å². The lowest BCUT2D eigenvalue weighted by Crippen LogP contribution is -2.21. The quantitative estimate of drug-likeness (QED) is 0.753. The number of rotatable bonds is 6. The average Bonchev–Trinajstić information content (AvgIpc) is 2.76. The highest BCUT2D eigenvalue weighted by atomic mass is 16.5. The van der Waals surface area contributed by atoms with Gasteiger partial charge in [-0.2, -0.15) is 0 Å². The summed E-state index contributed by atoms with van der Waals surface area (Å²) in [5, 5.41) is 2.65. The zero-order chi connectivity index (χ0) is 20.8. The predicted molar refractivity (Wildman–Crippen MR) is 106 cm³/mol. The molecule has 2 aromatic rings. The molecule has 7 nitrogen and oxygen atoms in total. The van der Waals surface area contributed by atoms with Gasteiger partial charge < -0.3 is 19.5 Å². The van der Waals surface area contributed by atoms with Crippen LogP contribution in [0, 0.1) is 0 Å². The number of hydrogen-bond donors (Lipinski definition) is 1. The van der Waals surface area contributed by atoms with Crippen molar-refractivity contribution in [3.05, 3.63) is 58.7 Å². The molecule has 7 heteroatoms. The normalized spacial score (nSPS) is 12.5. The smallest absolute Gasteiger partial charge is 0.337 e. The molecule has 1 amide bonds. The van der Waals surface area contributed by atoms with Gasteiger partial charge >= 0.3 is 11.9 Å². The Bertz CT molecular complexity index is 903. The predicted octanol–water partition coefficient (Wildman–Crippen LogP) is 3.16. The molecule has 0 atom stereocenters. The molecular weight excluding hydrogens is 374 g/mol. The fourth-order valence-corrected chi connectivity index (χ4v) is 3.39. The van der Waals surface area contributed by atoms with Crippen LogP contribution in [0.2, 0.25) is 0 Å². The summed E-state index contributed by atoms with van der Waals surface area (Å²) in [7, 11) is 2.47. The number of carbonyl (C=O) groups excluding carboxylic acids is 3. The van der Waals surface area contributed by atoms with Gasteiger partial charge in [0.15, 0.2) is 6.61 Å². The van der Waals surface area contributed by atoms with E-state index in [4.69, 9.17) is 14.2 Å². The summed E-state index contributed by atoms with van der Waals surface area (Å²) < 4.78 is 15.1. The third kappa shape index (κ3) is 4.93. The lowest BCUT2D eigenvalue weighted by atomic mass is 9.91. The number of anilines is 1. The Hall–Kier alpha value is -3.35. The van der Waals surface area contributed by atoms with Crippen molar-refractivity contribution in [2.45, 2.75) is 25.7 Å². The fraction of sp³-hybridized carbons (Fsp3) is 0.318. The van der Waals surface area contributed by atoms with E-state index in [1.165, 1.54) is 38.0 Å². The number of carbonyl (C=O) groups is 3. The zero-order valence-corrected chi connectivity index (χ0v) is 16.4. The number of esters is 2. The Morgan fingerprint density at radius 2 is 1.59 bits per heavy atom. The van der Waals surface area contributed by atoms with Crippen LogP contribution in [0.15, 0.2) is 36.4 Å². The van der Waals surface area contributed by atoms with Gasteiger partial charge in [0, 0.05) is 5.69 Å². The summed E-state index contributed by atoms with van der Waals surface area (Å²) in [5.74, 6) is -0.941. The Morgan fingerprint density at radius 3 is 2.24 bits per heavy atom. The van der Waals surface area contributed by atoms with Crippen molar-refractivity contribution in [1.29, 1.82) is 0 Å². The van der Waals surface area contributed by atoms with Crippen molar-refractivity contribution in [2.75, 3.05) is 26.1 Å². The summed E-state index contributed by atoms with van der Waals surface area (Å²) >= 11 is 0. The van der Waals surface area contributed by atoms with E-state index < -0.39 is 17.8 Å². The minimum Gasteiger partial charge on any atom is -0.483 e. The molecular formula is C22H23NO6. The lowest BCUT2D eigenvalue weighted by Gasteiger charge is -2.19. The molecule has 0 radical (unpaired) electrons. The molecule has 1 aliphatic carbocycles. The van der Waals surface area contributed by atoms with Crippen LogP contribution in [0.25, 0.3) is 0 Å². The first kappa shape index (κ1) is 20.4. The van der Waals surface area contributed by atoms with Crippen LogP contribution in [-0.4, -0.2) is 38.7 Å². The highest BCUT2D eigenvalue weighted by Gasteiger charge is 2.17. The standard InChI is InChI=1S/C22H23NO6/c1-27-21(25)15-10-16(22(26)28-2)12-17(11-15)23-20(24)13-29-19-9-5-7-14-6-3-4-8-18(14)19/h5,7,9-12H,3-4,6,8,13H2,1-2H3,(H,23,24). The number of nitrogens with one attached hydrogen (secondary N) is 1. The molecule has 0 aliphatic heterocycles. The van der Waals surface area contributed by atoms with Gasteiger partial charge in [0.25, 0.3) is 5.91 Å². The number of benzene rings is 2. The molecule has 0 heterocycles. The Balaban J connectivity index is 1.72. The number of amides is 1. The van der Waals surface area contributed by atoms with Crippen molar-refractivity contribution >= 4 is 23.5 Å². The number of hydrogen-bond acceptors (Lipinski definition) is 6. The number of aryl methyl sites for hydroxylation is 1. The van der Waals surface area contributed by atoms with Crippen LogP contribution >= 0.6 is 0 Å². The largest absolute Gasteiger partial charge is 0.483 e. The monoisotopic (exact) mass is 397 g/mol. The number of ether oxygens (including phenoxy) is 3. The zero-order valence-electron chi connectivity index (χ0n) is 16.4. The minimum absolute atomic E-state index is 0.128. The van der Waals surface area contributed by atoms with E-state index in [-0.39, 0.29) is 23.4 Å². The SMILES string of the molecule is COC(=O)c1cc(NC(=O)COc2cccc3c2CCCC3)cc(C(=O)OC)c1. The molecule has 0 aromatic heterocycles. The van der Waals surface area contributed by atoms with E-state index in [1.807, 2.05) is 12.1 Å². The summed E-state index contributed by atoms with van der Waals surface area (Å²) in [4.78, 5) is 36.1. The van der Waals surface area contributed by atoms with Crippen molar-refractivity contribution in [1.82, 2.24) is 0 Å². The first-order valence-corrected chi connectivity index (χ1v) is 9.37. The molecule has 1 aliphatic rings. The third-order valence-corrected chi connectivity index (χ3v) is 4.77. The number of fused-ring (bicyclic) bond motifs is 1. The van der Waals surface area contributed by atoms with Crippen LogP contribution in [0.3, 0.4) is 0 Å². The summed E-state index contributed by atoms with van der Waals surface area (Å²) in [5.41, 5.74) is 2.96. The van der Waals surface area contributed by atoms with Crippen LogP contribution < -0.4 is 10.1 Å². The maximum atomic E-state index is 12.4. The molecule has 0 spiro atoms. The molecule has 3 rings (SSSR count). The van der Waals surface area contributed by atoms with Crippen molar-refractivity contribution in [3.8, 4) is 5.75 Å². The van der Waals surface area contributed by atoms with Crippen LogP contribution in [0.1, 0.15) is 44.7 Å². The van der Waals surface area contributed by atoms with Crippen molar-refractivity contribution < 1.29 is 28.6 Å². The highest BCUT2D eigenvalue weighted by molar-refractivity contribution is 5.99. The van der Waals surface area contributed by atoms with Gasteiger partial charge in [0.2, 0.25) is 0 Å². The fourth-order valence-electron chi connectivity index (χ4n) is 3.39. The van der Waals surface area contributed by atoms with Gasteiger partial charge in [0.1, 0.15) is 5.75 Å². The average molecular weight is 397 g/mol. The van der Waals surface area contributed by atoms with Gasteiger partial charge in [-0.15, -0.1) is 0 Å². The molecule has 1 N–H and O–H groups in total. The maximum Gasteiger partial charge on any atom is 0.337 e. The van der Waals surface area contributed by atoms with Crippen LogP contribution in [0.4, 0.5) is 5.69 Å². The summed E-state index contributed by atoms with van der Waals surface area (Å²) in [6.07, 6.45) is 4.23. The molecule has 152 valence electrons. The molecule has 2 aromatic carbocycles. The van der Waals surface area contributed by atoms with Gasteiger partial charge in [0.05, 0.1) is 25.3 Å². The third-order valence-electron chi connectivity index (χ3n) is 4.77. The van der Waals surface area contributed by atoms with E-state index in [2.05, 4.69) is 11.4 Å². The van der Waals surface area contributed by atoms with Crippen molar-refractivity contribution in [3.63, 3.8) is 0 Å². The van der Waals surface area contributed by atoms with E-state index in [1.54, 1.807) is 0 Å². The van der Waals surface area contributed by atoms with E-state index >= 15 is 0 Å². The van der Waals surface area contributed by atoms with Crippen LogP contribution in [0.5, 0.6) is 5.75 Å². The Morgan fingerprint density at radius 1 is 0.931 bits per heavy atom. The van der Waals surface area contributed by atoms with E-state index in [0.717, 1.165) is 37.0 Å². The molecule has 0 fully saturated rings. The van der Waals surface area contributed by atoms with Gasteiger partial charge in [-0.1, -0.05) is 12.1 Å². The second-order valence-corrected chi connectivity index (χ2v) is 6.72.